The second-order valence-corrected chi connectivity index (χ2v) is 5.96. The fourth-order valence-electron chi connectivity index (χ4n) is 2.21. The Bertz CT molecular complexity index is 361. The third-order valence-electron chi connectivity index (χ3n) is 3.12. The second kappa shape index (κ2) is 8.31. The summed E-state index contributed by atoms with van der Waals surface area (Å²) >= 11 is 0. The molecule has 0 saturated carbocycles. The van der Waals surface area contributed by atoms with Crippen molar-refractivity contribution in [2.45, 2.75) is 26.9 Å². The lowest BCUT2D eigenvalue weighted by Crippen LogP contribution is -2.34. The lowest BCUT2D eigenvalue weighted by molar-refractivity contribution is 0.211. The molecule has 0 aliphatic heterocycles. The van der Waals surface area contributed by atoms with Gasteiger partial charge in [-0.05, 0) is 31.1 Å². The van der Waals surface area contributed by atoms with Gasteiger partial charge >= 0.3 is 0 Å². The molecule has 0 heterocycles. The number of hydrogen-bond acceptors (Lipinski definition) is 3. The molecule has 0 atom stereocenters. The Balaban J connectivity index is 2.63. The third kappa shape index (κ3) is 6.71. The molecule has 1 rings (SSSR count). The summed E-state index contributed by atoms with van der Waals surface area (Å²) in [7, 11) is 4.26. The molecule has 0 radical (unpaired) electrons. The zero-order valence-corrected chi connectivity index (χ0v) is 12.9. The molecule has 19 heavy (non-hydrogen) atoms. The van der Waals surface area contributed by atoms with Crippen molar-refractivity contribution in [3.63, 3.8) is 0 Å². The van der Waals surface area contributed by atoms with E-state index < -0.39 is 0 Å². The van der Waals surface area contributed by atoms with Gasteiger partial charge in [0.25, 0.3) is 0 Å². The molecule has 0 unspecified atom stereocenters. The summed E-state index contributed by atoms with van der Waals surface area (Å²) in [5, 5.41) is 0. The van der Waals surface area contributed by atoms with E-state index in [0.29, 0.717) is 12.5 Å². The molecule has 108 valence electrons. The number of hydrogen-bond donors (Lipinski definition) is 1. The fourth-order valence-corrected chi connectivity index (χ4v) is 2.21. The van der Waals surface area contributed by atoms with E-state index in [9.17, 15) is 0 Å². The topological polar surface area (TPSA) is 32.5 Å². The van der Waals surface area contributed by atoms with Gasteiger partial charge in [-0.1, -0.05) is 38.1 Å². The Kier molecular flexibility index (Phi) is 7.06. The minimum absolute atomic E-state index is 0.621. The average Bonchev–Trinajstić information content (AvgIpc) is 2.35. The molecular formula is C16H29N3. The Morgan fingerprint density at radius 3 is 2.37 bits per heavy atom. The van der Waals surface area contributed by atoms with E-state index in [1.54, 1.807) is 0 Å². The van der Waals surface area contributed by atoms with Crippen molar-refractivity contribution >= 4 is 0 Å². The predicted octanol–water partition coefficient (Wildman–Crippen LogP) is 2.16. The van der Waals surface area contributed by atoms with Crippen LogP contribution < -0.4 is 5.73 Å². The Labute approximate surface area is 118 Å². The highest BCUT2D eigenvalue weighted by Gasteiger charge is 2.09. The number of nitrogens with two attached hydrogens (primary N) is 1. The van der Waals surface area contributed by atoms with Crippen LogP contribution in [0.2, 0.25) is 0 Å². The van der Waals surface area contributed by atoms with Crippen LogP contribution in [0, 0.1) is 5.92 Å². The molecule has 0 fully saturated rings. The predicted molar refractivity (Wildman–Crippen MR) is 83.0 cm³/mol. The second-order valence-electron chi connectivity index (χ2n) is 5.96. The van der Waals surface area contributed by atoms with Crippen LogP contribution in [0.3, 0.4) is 0 Å². The van der Waals surface area contributed by atoms with E-state index >= 15 is 0 Å². The van der Waals surface area contributed by atoms with Crippen LogP contribution in [0.4, 0.5) is 0 Å². The average molecular weight is 263 g/mol. The molecule has 3 nitrogen and oxygen atoms in total. The highest BCUT2D eigenvalue weighted by molar-refractivity contribution is 5.23. The summed E-state index contributed by atoms with van der Waals surface area (Å²) < 4.78 is 0. The maximum atomic E-state index is 5.71. The smallest absolute Gasteiger partial charge is 0.0234 e. The van der Waals surface area contributed by atoms with Gasteiger partial charge in [-0.2, -0.15) is 0 Å². The maximum absolute atomic E-state index is 5.71. The molecule has 0 saturated heterocycles. The first-order valence-electron chi connectivity index (χ1n) is 7.16. The molecule has 0 spiro atoms. The molecule has 3 heteroatoms. The summed E-state index contributed by atoms with van der Waals surface area (Å²) in [5.41, 5.74) is 8.29. The van der Waals surface area contributed by atoms with Gasteiger partial charge in [0.05, 0.1) is 0 Å². The molecule has 0 aliphatic carbocycles. The van der Waals surface area contributed by atoms with Gasteiger partial charge in [-0.3, -0.25) is 4.90 Å². The Morgan fingerprint density at radius 2 is 1.79 bits per heavy atom. The molecule has 0 aromatic heterocycles. The lowest BCUT2D eigenvalue weighted by Gasteiger charge is -2.26. The van der Waals surface area contributed by atoms with Crippen molar-refractivity contribution in [2.75, 3.05) is 33.7 Å². The van der Waals surface area contributed by atoms with Gasteiger partial charge in [-0.25, -0.2) is 0 Å². The van der Waals surface area contributed by atoms with Crippen LogP contribution in [-0.2, 0) is 13.1 Å². The van der Waals surface area contributed by atoms with Crippen molar-refractivity contribution in [1.82, 2.24) is 9.80 Å². The zero-order chi connectivity index (χ0) is 14.3. The minimum atomic E-state index is 0.621. The summed E-state index contributed by atoms with van der Waals surface area (Å²) in [4.78, 5) is 4.77. The van der Waals surface area contributed by atoms with Crippen LogP contribution in [-0.4, -0.2) is 43.5 Å². The molecule has 1 aromatic carbocycles. The number of rotatable bonds is 8. The van der Waals surface area contributed by atoms with Gasteiger partial charge in [0.15, 0.2) is 0 Å². The lowest BCUT2D eigenvalue weighted by atomic mass is 10.1. The minimum Gasteiger partial charge on any atom is -0.326 e. The number of nitrogens with zero attached hydrogens (tertiary/aromatic N) is 2. The van der Waals surface area contributed by atoms with Crippen molar-refractivity contribution < 1.29 is 0 Å². The van der Waals surface area contributed by atoms with E-state index in [0.717, 1.165) is 26.2 Å². The summed E-state index contributed by atoms with van der Waals surface area (Å²) in [5.74, 6) is 0.694. The van der Waals surface area contributed by atoms with Crippen LogP contribution in [0.25, 0.3) is 0 Å². The Hall–Kier alpha value is -0.900. The standard InChI is InChI=1S/C16H29N3/c1-14(2)12-19(9-8-18(3)4)13-16-7-5-6-15(10-16)11-17/h5-7,10,14H,8-9,11-13,17H2,1-4H3. The van der Waals surface area contributed by atoms with Crippen molar-refractivity contribution in [2.24, 2.45) is 11.7 Å². The monoisotopic (exact) mass is 263 g/mol. The van der Waals surface area contributed by atoms with E-state index in [2.05, 4.69) is 62.0 Å². The quantitative estimate of drug-likeness (QED) is 0.780. The van der Waals surface area contributed by atoms with Crippen molar-refractivity contribution in [3.05, 3.63) is 35.4 Å². The first-order chi connectivity index (χ1) is 9.01. The summed E-state index contributed by atoms with van der Waals surface area (Å²) in [6.45, 7) is 9.54. The molecule has 0 aliphatic rings. The fraction of sp³-hybridized carbons (Fsp3) is 0.625. The van der Waals surface area contributed by atoms with Crippen molar-refractivity contribution in [3.8, 4) is 0 Å². The molecule has 0 amide bonds. The summed E-state index contributed by atoms with van der Waals surface area (Å²) in [6, 6.07) is 8.62. The van der Waals surface area contributed by atoms with Gasteiger partial charge < -0.3 is 10.6 Å². The molecule has 1 aromatic rings. The van der Waals surface area contributed by atoms with Crippen LogP contribution >= 0.6 is 0 Å². The Morgan fingerprint density at radius 1 is 1.11 bits per heavy atom. The number of benzene rings is 1. The SMILES string of the molecule is CC(C)CN(CCN(C)C)Cc1cccc(CN)c1. The van der Waals surface area contributed by atoms with E-state index in [4.69, 9.17) is 5.73 Å². The van der Waals surface area contributed by atoms with Crippen LogP contribution in [0.1, 0.15) is 25.0 Å². The highest BCUT2D eigenvalue weighted by atomic mass is 15.2. The van der Waals surface area contributed by atoms with Gasteiger partial charge in [0.2, 0.25) is 0 Å². The van der Waals surface area contributed by atoms with Crippen LogP contribution in [0.5, 0.6) is 0 Å². The highest BCUT2D eigenvalue weighted by Crippen LogP contribution is 2.10. The van der Waals surface area contributed by atoms with Gasteiger partial charge in [-0.15, -0.1) is 0 Å². The van der Waals surface area contributed by atoms with E-state index in [-0.39, 0.29) is 0 Å². The first kappa shape index (κ1) is 16.2. The summed E-state index contributed by atoms with van der Waals surface area (Å²) in [6.07, 6.45) is 0. The van der Waals surface area contributed by atoms with E-state index in [1.807, 2.05) is 0 Å². The largest absolute Gasteiger partial charge is 0.326 e. The number of likely N-dealkylation sites (N-methyl/N-ethyl adjacent to an activating group) is 1. The van der Waals surface area contributed by atoms with Gasteiger partial charge in [0.1, 0.15) is 0 Å². The molecule has 0 bridgehead atoms. The van der Waals surface area contributed by atoms with E-state index in [1.165, 1.54) is 11.1 Å². The normalized spacial score (nSPS) is 11.8. The van der Waals surface area contributed by atoms with Crippen LogP contribution in [0.15, 0.2) is 24.3 Å². The molecular weight excluding hydrogens is 234 g/mol. The van der Waals surface area contributed by atoms with Crippen molar-refractivity contribution in [1.29, 1.82) is 0 Å². The zero-order valence-electron chi connectivity index (χ0n) is 12.9. The molecule has 2 N–H and O–H groups in total. The first-order valence-corrected chi connectivity index (χ1v) is 7.16. The van der Waals surface area contributed by atoms with Gasteiger partial charge in [0, 0.05) is 32.7 Å². The maximum Gasteiger partial charge on any atom is 0.0234 e. The third-order valence-corrected chi connectivity index (χ3v) is 3.12.